The number of ether oxygens (including phenoxy) is 3. The molecule has 4 unspecified atom stereocenters. The van der Waals surface area contributed by atoms with Crippen molar-refractivity contribution >= 4 is 33.7 Å². The summed E-state index contributed by atoms with van der Waals surface area (Å²) in [7, 11) is 3.46. The van der Waals surface area contributed by atoms with E-state index in [0.717, 1.165) is 55.7 Å². The number of hydrogen-bond acceptors (Lipinski definition) is 9. The molecule has 0 aromatic carbocycles. The highest BCUT2D eigenvalue weighted by atomic mass is 33.1. The van der Waals surface area contributed by atoms with Gasteiger partial charge < -0.3 is 19.5 Å². The SMILES string of the molecule is CC(C)C(C)CC(C)(C)n1nnc2c1CCC1C(CC2)C1COC(=O)NC(C)(C)COC(C)(C)CCSSCCOC(=O)C(C)(C)C. The molecule has 1 aromatic heterocycles. The van der Waals surface area contributed by atoms with Crippen molar-refractivity contribution in [2.24, 2.45) is 35.0 Å². The number of nitrogens with zero attached hydrogens (tertiary/aromatic N) is 3. The third-order valence-corrected chi connectivity index (χ3v) is 12.2. The van der Waals surface area contributed by atoms with E-state index in [2.05, 4.69) is 68.8 Å². The molecule has 9 nitrogen and oxygen atoms in total. The number of rotatable bonds is 17. The maximum Gasteiger partial charge on any atom is 0.407 e. The third kappa shape index (κ3) is 12.4. The largest absolute Gasteiger partial charge is 0.464 e. The molecule has 0 bridgehead atoms. The molecule has 0 aliphatic heterocycles. The van der Waals surface area contributed by atoms with Crippen molar-refractivity contribution in [2.75, 3.05) is 31.3 Å². The summed E-state index contributed by atoms with van der Waals surface area (Å²) in [5, 5.41) is 12.3. The van der Waals surface area contributed by atoms with Crippen LogP contribution in [0.4, 0.5) is 4.79 Å². The number of aromatic nitrogens is 3. The average molecular weight is 697 g/mol. The van der Waals surface area contributed by atoms with Crippen LogP contribution >= 0.6 is 21.6 Å². The van der Waals surface area contributed by atoms with Gasteiger partial charge in [0.05, 0.1) is 46.7 Å². The van der Waals surface area contributed by atoms with E-state index in [1.807, 2.05) is 34.6 Å². The van der Waals surface area contributed by atoms with Crippen LogP contribution in [0, 0.1) is 35.0 Å². The Balaban J connectivity index is 1.35. The highest BCUT2D eigenvalue weighted by Crippen LogP contribution is 2.53. The second kappa shape index (κ2) is 16.5. The van der Waals surface area contributed by atoms with Gasteiger partial charge in [-0.1, -0.05) is 47.6 Å². The third-order valence-electron chi connectivity index (χ3n) is 9.87. The lowest BCUT2D eigenvalue weighted by molar-refractivity contribution is -0.152. The first-order valence-corrected chi connectivity index (χ1v) is 20.2. The molecular formula is C36H64N4O5S2. The fourth-order valence-electron chi connectivity index (χ4n) is 6.37. The van der Waals surface area contributed by atoms with Crippen LogP contribution in [0.2, 0.25) is 0 Å². The molecule has 1 fully saturated rings. The number of esters is 1. The molecule has 3 rings (SSSR count). The Hall–Kier alpha value is -1.46. The molecule has 1 N–H and O–H groups in total. The number of fused-ring (bicyclic) bond motifs is 2. The average Bonchev–Trinajstić information content (AvgIpc) is 3.42. The van der Waals surface area contributed by atoms with E-state index >= 15 is 0 Å². The first-order chi connectivity index (χ1) is 21.7. The van der Waals surface area contributed by atoms with E-state index in [1.165, 1.54) is 5.69 Å². The molecule has 47 heavy (non-hydrogen) atoms. The molecule has 1 amide bonds. The van der Waals surface area contributed by atoms with Crippen molar-refractivity contribution in [2.45, 2.75) is 138 Å². The van der Waals surface area contributed by atoms with Crippen molar-refractivity contribution < 1.29 is 23.8 Å². The summed E-state index contributed by atoms with van der Waals surface area (Å²) in [6.45, 7) is 26.5. The van der Waals surface area contributed by atoms with Gasteiger partial charge in [0, 0.05) is 11.5 Å². The fraction of sp³-hybridized carbons (Fsp3) is 0.889. The van der Waals surface area contributed by atoms with Crippen molar-refractivity contribution in [3.05, 3.63) is 11.4 Å². The van der Waals surface area contributed by atoms with Crippen molar-refractivity contribution in [3.8, 4) is 0 Å². The first kappa shape index (κ1) is 40.0. The summed E-state index contributed by atoms with van der Waals surface area (Å²) in [6.07, 6.45) is 5.65. The van der Waals surface area contributed by atoms with Crippen molar-refractivity contribution in [1.29, 1.82) is 0 Å². The zero-order valence-corrected chi connectivity index (χ0v) is 33.0. The van der Waals surface area contributed by atoms with Gasteiger partial charge in [-0.25, -0.2) is 9.48 Å². The molecule has 1 aromatic rings. The highest BCUT2D eigenvalue weighted by molar-refractivity contribution is 8.76. The van der Waals surface area contributed by atoms with Crippen LogP contribution in [0.25, 0.3) is 0 Å². The van der Waals surface area contributed by atoms with E-state index < -0.39 is 11.0 Å². The number of carbonyl (C=O) groups excluding carboxylic acids is 2. The van der Waals surface area contributed by atoms with Crippen molar-refractivity contribution in [1.82, 2.24) is 20.3 Å². The zero-order valence-electron chi connectivity index (χ0n) is 31.4. The van der Waals surface area contributed by atoms with Crippen LogP contribution in [0.15, 0.2) is 0 Å². The quantitative estimate of drug-likeness (QED) is 0.0983. The van der Waals surface area contributed by atoms with Gasteiger partial charge in [0.25, 0.3) is 0 Å². The zero-order chi connectivity index (χ0) is 35.2. The Morgan fingerprint density at radius 3 is 2.21 bits per heavy atom. The van der Waals surface area contributed by atoms with Crippen LogP contribution in [-0.2, 0) is 37.4 Å². The summed E-state index contributed by atoms with van der Waals surface area (Å²) in [6, 6.07) is 0. The van der Waals surface area contributed by atoms with Gasteiger partial charge in [-0.3, -0.25) is 4.79 Å². The molecular weight excluding hydrogens is 633 g/mol. The van der Waals surface area contributed by atoms with Crippen molar-refractivity contribution in [3.63, 3.8) is 0 Å². The molecule has 11 heteroatoms. The first-order valence-electron chi connectivity index (χ1n) is 17.7. The molecule has 0 saturated heterocycles. The molecule has 0 spiro atoms. The standard InChI is InChI=1S/C36H64N4O5S2/c1-24(2)25(3)21-35(9,10)40-30-16-14-27-26(13-15-29(30)38-39-40)28(27)22-44-32(42)37-34(7,8)23-45-36(11,12)17-19-46-47-20-18-43-31(41)33(4,5)6/h24-28H,13-23H2,1-12H3,(H,37,42). The molecule has 0 radical (unpaired) electrons. The summed E-state index contributed by atoms with van der Waals surface area (Å²) in [5.41, 5.74) is 1.03. The number of hydrogen-bond donors (Lipinski definition) is 1. The highest BCUT2D eigenvalue weighted by Gasteiger charge is 2.50. The lowest BCUT2D eigenvalue weighted by atomic mass is 9.84. The number of amides is 1. The summed E-state index contributed by atoms with van der Waals surface area (Å²) >= 11 is 0. The number of nitrogens with one attached hydrogen (secondary N) is 1. The molecule has 270 valence electrons. The van der Waals surface area contributed by atoms with Crippen LogP contribution in [0.3, 0.4) is 0 Å². The lowest BCUT2D eigenvalue weighted by Gasteiger charge is -2.32. The summed E-state index contributed by atoms with van der Waals surface area (Å²) in [4.78, 5) is 24.7. The lowest BCUT2D eigenvalue weighted by Crippen LogP contribution is -2.49. The van der Waals surface area contributed by atoms with E-state index in [-0.39, 0.29) is 23.2 Å². The van der Waals surface area contributed by atoms with E-state index in [1.54, 1.807) is 21.6 Å². The minimum Gasteiger partial charge on any atom is -0.464 e. The minimum atomic E-state index is -0.558. The number of aryl methyl sites for hydroxylation is 1. The van der Waals surface area contributed by atoms with Gasteiger partial charge in [-0.15, -0.1) is 5.10 Å². The maximum atomic E-state index is 12.8. The van der Waals surface area contributed by atoms with Gasteiger partial charge in [0.1, 0.15) is 6.61 Å². The second-order valence-electron chi connectivity index (χ2n) is 17.1. The van der Waals surface area contributed by atoms with Gasteiger partial charge in [0.15, 0.2) is 0 Å². The fourth-order valence-corrected chi connectivity index (χ4v) is 8.49. The number of carbonyl (C=O) groups is 2. The normalized spacial score (nSPS) is 20.9. The predicted octanol–water partition coefficient (Wildman–Crippen LogP) is 8.10. The Labute approximate surface area is 292 Å². The molecule has 1 heterocycles. The summed E-state index contributed by atoms with van der Waals surface area (Å²) < 4.78 is 19.6. The maximum absolute atomic E-state index is 12.8. The predicted molar refractivity (Wildman–Crippen MR) is 194 cm³/mol. The topological polar surface area (TPSA) is 105 Å². The molecule has 2 aliphatic rings. The van der Waals surface area contributed by atoms with Crippen LogP contribution in [0.5, 0.6) is 0 Å². The van der Waals surface area contributed by atoms with E-state index in [0.29, 0.717) is 49.4 Å². The van der Waals surface area contributed by atoms with Crippen LogP contribution in [-0.4, -0.2) is 69.5 Å². The smallest absolute Gasteiger partial charge is 0.407 e. The van der Waals surface area contributed by atoms with Crippen LogP contribution in [0.1, 0.15) is 120 Å². The van der Waals surface area contributed by atoms with Crippen LogP contribution < -0.4 is 5.32 Å². The second-order valence-corrected chi connectivity index (χ2v) is 19.8. The van der Waals surface area contributed by atoms with Gasteiger partial charge >= 0.3 is 12.1 Å². The van der Waals surface area contributed by atoms with Gasteiger partial charge in [-0.05, 0) is 130 Å². The summed E-state index contributed by atoms with van der Waals surface area (Å²) in [5.74, 6) is 4.35. The Morgan fingerprint density at radius 2 is 1.57 bits per heavy atom. The minimum absolute atomic E-state index is 0.0677. The van der Waals surface area contributed by atoms with E-state index in [9.17, 15) is 9.59 Å². The van der Waals surface area contributed by atoms with E-state index in [4.69, 9.17) is 14.2 Å². The monoisotopic (exact) mass is 696 g/mol. The Bertz CT molecular complexity index is 1180. The van der Waals surface area contributed by atoms with Gasteiger partial charge in [-0.2, -0.15) is 0 Å². The molecule has 2 aliphatic carbocycles. The van der Waals surface area contributed by atoms with Gasteiger partial charge in [0.2, 0.25) is 0 Å². The number of alkyl carbamates (subject to hydrolysis) is 1. The Morgan fingerprint density at radius 1 is 0.936 bits per heavy atom. The molecule has 4 atom stereocenters. The Kier molecular flexibility index (Phi) is 14.0. The molecule has 1 saturated carbocycles.